The third-order valence-electron chi connectivity index (χ3n) is 5.63. The normalized spacial score (nSPS) is 14.4. The van der Waals surface area contributed by atoms with E-state index in [2.05, 4.69) is 52.2 Å². The molecular weight excluding hydrogens is 398 g/mol. The lowest BCUT2D eigenvalue weighted by atomic mass is 10.1. The Morgan fingerprint density at radius 2 is 1.78 bits per heavy atom. The number of anilines is 1. The quantitative estimate of drug-likeness (QED) is 0.589. The minimum Gasteiger partial charge on any atom is -0.490 e. The Bertz CT molecular complexity index is 1100. The van der Waals surface area contributed by atoms with Crippen molar-refractivity contribution in [2.24, 2.45) is 0 Å². The van der Waals surface area contributed by atoms with Crippen LogP contribution in [-0.4, -0.2) is 54.2 Å². The molecule has 0 saturated carbocycles. The lowest BCUT2D eigenvalue weighted by molar-refractivity contribution is 0.242. The summed E-state index contributed by atoms with van der Waals surface area (Å²) in [5.74, 6) is 1.36. The molecule has 1 aliphatic rings. The van der Waals surface area contributed by atoms with Crippen LogP contribution in [0.25, 0.3) is 11.3 Å². The van der Waals surface area contributed by atoms with Crippen LogP contribution in [0.5, 0.6) is 5.75 Å². The summed E-state index contributed by atoms with van der Waals surface area (Å²) in [5.41, 5.74) is 4.64. The van der Waals surface area contributed by atoms with Crippen LogP contribution in [0, 0.1) is 11.3 Å². The topological polar surface area (TPSA) is 65.3 Å². The lowest BCUT2D eigenvalue weighted by Gasteiger charge is -2.34. The van der Waals surface area contributed by atoms with Gasteiger partial charge in [0.15, 0.2) is 0 Å². The zero-order valence-corrected chi connectivity index (χ0v) is 19.0. The van der Waals surface area contributed by atoms with Gasteiger partial charge in [-0.05, 0) is 62.9 Å². The Kier molecular flexibility index (Phi) is 6.67. The molecule has 2 heterocycles. The fourth-order valence-corrected chi connectivity index (χ4v) is 3.85. The molecule has 0 N–H and O–H groups in total. The Balaban J connectivity index is 1.48. The first-order valence-electron chi connectivity index (χ1n) is 11.1. The number of hydrogen-bond acceptors (Lipinski definition) is 6. The molecule has 0 atom stereocenters. The fraction of sp³-hybridized carbons (Fsp3) is 0.346. The number of nitrogens with zero attached hydrogens (tertiary/aromatic N) is 5. The van der Waals surface area contributed by atoms with Gasteiger partial charge >= 0.3 is 0 Å². The predicted octanol–water partition coefficient (Wildman–Crippen LogP) is 4.15. The molecule has 1 fully saturated rings. The minimum atomic E-state index is 0.0150. The van der Waals surface area contributed by atoms with Crippen LogP contribution < -0.4 is 9.64 Å². The fourth-order valence-electron chi connectivity index (χ4n) is 3.85. The van der Waals surface area contributed by atoms with Crippen molar-refractivity contribution in [2.75, 3.05) is 38.1 Å². The summed E-state index contributed by atoms with van der Waals surface area (Å²) in [7, 11) is 2.17. The summed E-state index contributed by atoms with van der Waals surface area (Å²) in [6.45, 7) is 8.22. The van der Waals surface area contributed by atoms with Crippen molar-refractivity contribution in [3.8, 4) is 23.1 Å². The maximum absolute atomic E-state index is 9.51. The average Bonchev–Trinajstić information content (AvgIpc) is 2.80. The SMILES string of the molecule is CC(C)Oc1ccc(-c2ccnc(Cc3ccc(N4CCN(C)CC4)cc3)n2)cc1C#N. The average molecular weight is 428 g/mol. The highest BCUT2D eigenvalue weighted by Gasteiger charge is 2.14. The minimum absolute atomic E-state index is 0.0150. The monoisotopic (exact) mass is 427 g/mol. The van der Waals surface area contributed by atoms with E-state index in [1.54, 1.807) is 6.20 Å². The van der Waals surface area contributed by atoms with Gasteiger partial charge in [0.25, 0.3) is 0 Å². The van der Waals surface area contributed by atoms with Crippen LogP contribution in [0.1, 0.15) is 30.8 Å². The Morgan fingerprint density at radius 3 is 2.47 bits per heavy atom. The lowest BCUT2D eigenvalue weighted by Crippen LogP contribution is -2.44. The van der Waals surface area contributed by atoms with E-state index in [0.717, 1.165) is 43.3 Å². The second kappa shape index (κ2) is 9.80. The van der Waals surface area contributed by atoms with Gasteiger partial charge in [-0.25, -0.2) is 9.97 Å². The van der Waals surface area contributed by atoms with E-state index in [1.807, 2.05) is 38.1 Å². The molecule has 0 spiro atoms. The van der Waals surface area contributed by atoms with E-state index in [4.69, 9.17) is 9.72 Å². The van der Waals surface area contributed by atoms with Crippen molar-refractivity contribution < 1.29 is 4.74 Å². The van der Waals surface area contributed by atoms with E-state index in [9.17, 15) is 5.26 Å². The van der Waals surface area contributed by atoms with Gasteiger partial charge in [-0.15, -0.1) is 0 Å². The smallest absolute Gasteiger partial charge is 0.137 e. The number of likely N-dealkylation sites (N-methyl/N-ethyl adjacent to an activating group) is 1. The van der Waals surface area contributed by atoms with E-state index >= 15 is 0 Å². The van der Waals surface area contributed by atoms with Gasteiger partial charge in [-0.3, -0.25) is 0 Å². The Morgan fingerprint density at radius 1 is 1.03 bits per heavy atom. The molecule has 1 saturated heterocycles. The number of nitriles is 1. The van der Waals surface area contributed by atoms with Crippen LogP contribution in [-0.2, 0) is 6.42 Å². The van der Waals surface area contributed by atoms with Gasteiger partial charge in [-0.2, -0.15) is 5.26 Å². The van der Waals surface area contributed by atoms with Gasteiger partial charge in [0, 0.05) is 50.0 Å². The maximum atomic E-state index is 9.51. The largest absolute Gasteiger partial charge is 0.490 e. The molecule has 2 aromatic carbocycles. The third kappa shape index (κ3) is 5.24. The first-order valence-corrected chi connectivity index (χ1v) is 11.1. The summed E-state index contributed by atoms with van der Waals surface area (Å²) in [4.78, 5) is 14.0. The van der Waals surface area contributed by atoms with Crippen molar-refractivity contribution in [2.45, 2.75) is 26.4 Å². The van der Waals surface area contributed by atoms with Crippen molar-refractivity contribution in [3.63, 3.8) is 0 Å². The van der Waals surface area contributed by atoms with Crippen molar-refractivity contribution >= 4 is 5.69 Å². The highest BCUT2D eigenvalue weighted by atomic mass is 16.5. The second-order valence-corrected chi connectivity index (χ2v) is 8.48. The molecule has 3 aromatic rings. The molecule has 32 heavy (non-hydrogen) atoms. The van der Waals surface area contributed by atoms with Gasteiger partial charge in [0.05, 0.1) is 17.4 Å². The molecule has 0 amide bonds. The van der Waals surface area contributed by atoms with Crippen molar-refractivity contribution in [1.82, 2.24) is 14.9 Å². The zero-order valence-electron chi connectivity index (χ0n) is 19.0. The summed E-state index contributed by atoms with van der Waals surface area (Å²) < 4.78 is 5.73. The number of ether oxygens (including phenoxy) is 1. The predicted molar refractivity (Wildman–Crippen MR) is 127 cm³/mol. The number of piperazine rings is 1. The van der Waals surface area contributed by atoms with Gasteiger partial charge in [0.2, 0.25) is 0 Å². The van der Waals surface area contributed by atoms with Crippen molar-refractivity contribution in [1.29, 1.82) is 5.26 Å². The number of aromatic nitrogens is 2. The molecule has 1 aliphatic heterocycles. The van der Waals surface area contributed by atoms with E-state index in [0.29, 0.717) is 17.7 Å². The summed E-state index contributed by atoms with van der Waals surface area (Å²) >= 11 is 0. The number of rotatable bonds is 6. The van der Waals surface area contributed by atoms with Crippen molar-refractivity contribution in [3.05, 3.63) is 71.7 Å². The summed E-state index contributed by atoms with van der Waals surface area (Å²) in [6.07, 6.45) is 2.46. The Hall–Kier alpha value is -3.43. The summed E-state index contributed by atoms with van der Waals surface area (Å²) in [5, 5.41) is 9.51. The Labute approximate surface area is 190 Å². The molecule has 4 rings (SSSR count). The van der Waals surface area contributed by atoms with Gasteiger partial charge in [0.1, 0.15) is 17.6 Å². The van der Waals surface area contributed by atoms with Crippen LogP contribution in [0.2, 0.25) is 0 Å². The van der Waals surface area contributed by atoms with E-state index < -0.39 is 0 Å². The van der Waals surface area contributed by atoms with Crippen LogP contribution in [0.3, 0.4) is 0 Å². The molecule has 6 heteroatoms. The standard InChI is InChI=1S/C26H29N5O/c1-19(2)32-25-9-6-21(17-22(25)18-27)24-10-11-28-26(29-24)16-20-4-7-23(8-5-20)31-14-12-30(3)13-15-31/h4-11,17,19H,12-16H2,1-3H3. The van der Waals surface area contributed by atoms with Gasteiger partial charge < -0.3 is 14.5 Å². The third-order valence-corrected chi connectivity index (χ3v) is 5.63. The first kappa shape index (κ1) is 21.8. The molecule has 164 valence electrons. The van der Waals surface area contributed by atoms with Gasteiger partial charge in [-0.1, -0.05) is 12.1 Å². The van der Waals surface area contributed by atoms with Crippen LogP contribution >= 0.6 is 0 Å². The molecular formula is C26H29N5O. The molecule has 0 bridgehead atoms. The second-order valence-electron chi connectivity index (χ2n) is 8.48. The number of hydrogen-bond donors (Lipinski definition) is 0. The summed E-state index contributed by atoms with van der Waals surface area (Å²) in [6, 6.07) is 18.4. The highest BCUT2D eigenvalue weighted by Crippen LogP contribution is 2.26. The molecule has 0 aliphatic carbocycles. The molecule has 6 nitrogen and oxygen atoms in total. The maximum Gasteiger partial charge on any atom is 0.137 e. The van der Waals surface area contributed by atoms with E-state index in [-0.39, 0.29) is 6.10 Å². The first-order chi connectivity index (χ1) is 15.5. The number of benzene rings is 2. The highest BCUT2D eigenvalue weighted by molar-refractivity contribution is 5.64. The van der Waals surface area contributed by atoms with Crippen LogP contribution in [0.15, 0.2) is 54.7 Å². The molecule has 1 aromatic heterocycles. The zero-order chi connectivity index (χ0) is 22.5. The molecule has 0 unspecified atom stereocenters. The molecule has 0 radical (unpaired) electrons. The van der Waals surface area contributed by atoms with E-state index in [1.165, 1.54) is 11.3 Å². The van der Waals surface area contributed by atoms with Crippen LogP contribution in [0.4, 0.5) is 5.69 Å².